The van der Waals surface area contributed by atoms with Crippen molar-refractivity contribution in [2.75, 3.05) is 0 Å². The Labute approximate surface area is 160 Å². The van der Waals surface area contributed by atoms with E-state index in [0.717, 1.165) is 3.56 Å². The van der Waals surface area contributed by atoms with Crippen LogP contribution in [0.2, 0.25) is 35.0 Å². The van der Waals surface area contributed by atoms with Crippen LogP contribution >= 0.6 is 0 Å². The van der Waals surface area contributed by atoms with E-state index in [4.69, 9.17) is 0 Å². The fourth-order valence-electron chi connectivity index (χ4n) is 4.30. The van der Waals surface area contributed by atoms with Gasteiger partial charge in [-0.1, -0.05) is 0 Å². The third-order valence-electron chi connectivity index (χ3n) is 6.84. The molecular weight excluding hydrogens is 411 g/mol. The Kier molecular flexibility index (Phi) is 11.8. The van der Waals surface area contributed by atoms with Crippen LogP contribution in [0.4, 0.5) is 0 Å². The summed E-state index contributed by atoms with van der Waals surface area (Å²) >= 11 is -2.21. The van der Waals surface area contributed by atoms with Gasteiger partial charge >= 0.3 is 161 Å². The van der Waals surface area contributed by atoms with Crippen molar-refractivity contribution < 1.29 is 0 Å². The fraction of sp³-hybridized carbons (Fsp3) is 0.909. The molecule has 0 saturated carbocycles. The molecule has 0 aliphatic carbocycles. The summed E-state index contributed by atoms with van der Waals surface area (Å²) in [7, 11) is -1.33. The maximum atomic E-state index is 2.73. The summed E-state index contributed by atoms with van der Waals surface area (Å²) in [5, 5.41) is 0.504. The normalized spacial score (nSPS) is 15.2. The molecule has 0 fully saturated rings. The van der Waals surface area contributed by atoms with E-state index in [1.165, 1.54) is 38.5 Å². The first-order valence-electron chi connectivity index (χ1n) is 10.8. The Morgan fingerprint density at radius 3 is 1.46 bits per heavy atom. The van der Waals surface area contributed by atoms with Gasteiger partial charge in [0.2, 0.25) is 0 Å². The van der Waals surface area contributed by atoms with Crippen molar-refractivity contribution in [3.8, 4) is 0 Å². The predicted molar refractivity (Wildman–Crippen MR) is 121 cm³/mol. The summed E-state index contributed by atoms with van der Waals surface area (Å²) in [4.78, 5) is 0. The van der Waals surface area contributed by atoms with Gasteiger partial charge in [-0.15, -0.1) is 0 Å². The molecule has 1 unspecified atom stereocenters. The number of unbranched alkanes of at least 4 members (excludes halogenated alkanes) is 3. The van der Waals surface area contributed by atoms with Gasteiger partial charge in [-0.05, 0) is 0 Å². The second kappa shape index (κ2) is 11.5. The molecule has 0 aliphatic heterocycles. The second-order valence-corrected chi connectivity index (χ2v) is 30.7. The Morgan fingerprint density at radius 2 is 1.21 bits per heavy atom. The molecule has 144 valence electrons. The van der Waals surface area contributed by atoms with Crippen LogP contribution in [0.5, 0.6) is 0 Å². The number of hydrogen-bond acceptors (Lipinski definition) is 0. The monoisotopic (exact) mass is 460 g/mol. The van der Waals surface area contributed by atoms with E-state index >= 15 is 0 Å². The van der Waals surface area contributed by atoms with Crippen molar-refractivity contribution in [2.24, 2.45) is 0 Å². The summed E-state index contributed by atoms with van der Waals surface area (Å²) in [5.74, 6) is 0. The third-order valence-corrected chi connectivity index (χ3v) is 38.6. The number of hydrogen-bond donors (Lipinski definition) is 0. The van der Waals surface area contributed by atoms with Crippen LogP contribution in [-0.4, -0.2) is 26.5 Å². The Hall–Kier alpha value is 0.756. The first-order valence-corrected chi connectivity index (χ1v) is 21.5. The molecule has 0 aromatic carbocycles. The van der Waals surface area contributed by atoms with Gasteiger partial charge in [0, 0.05) is 0 Å². The van der Waals surface area contributed by atoms with Crippen LogP contribution in [0, 0.1) is 0 Å². The quantitative estimate of drug-likeness (QED) is 0.202. The van der Waals surface area contributed by atoms with Crippen LogP contribution in [0.1, 0.15) is 87.0 Å². The summed E-state index contributed by atoms with van der Waals surface area (Å²) in [6.07, 6.45) is 13.8. The minimum absolute atomic E-state index is 0.504. The molecule has 2 heteroatoms. The SMILES string of the molecule is C/C=C/[CH]([Si](C)(C)C(C)(C)C)[Sn]([CH2]CCC)([CH2]CCC)[CH2]CCC. The van der Waals surface area contributed by atoms with E-state index in [9.17, 15) is 0 Å². The molecule has 0 aliphatic rings. The molecule has 0 aromatic heterocycles. The molecule has 0 heterocycles. The second-order valence-electron chi connectivity index (χ2n) is 9.65. The molecule has 0 amide bonds. The Balaban J connectivity index is 6.01. The van der Waals surface area contributed by atoms with Crippen molar-refractivity contribution in [1.29, 1.82) is 0 Å². The van der Waals surface area contributed by atoms with Crippen molar-refractivity contribution >= 4 is 26.5 Å². The topological polar surface area (TPSA) is 0 Å². The van der Waals surface area contributed by atoms with Crippen molar-refractivity contribution in [3.63, 3.8) is 0 Å². The standard InChI is InChI=1S/C10H21Si.3C4H9.Sn/c1-7-8-9-11(5,6)10(2,3)4;3*1-3-4-2;/h7-9H,1-6H3;3*1,3-4H2,2H3;/b8-7+;;;;. The summed E-state index contributed by atoms with van der Waals surface area (Å²) in [5.41, 5.74) is 0. The van der Waals surface area contributed by atoms with Crippen LogP contribution in [0.25, 0.3) is 0 Å². The first-order chi connectivity index (χ1) is 11.1. The average molecular weight is 459 g/mol. The van der Waals surface area contributed by atoms with Gasteiger partial charge < -0.3 is 0 Å². The fourth-order valence-corrected chi connectivity index (χ4v) is 42.7. The zero-order valence-corrected chi connectivity index (χ0v) is 22.5. The maximum absolute atomic E-state index is 2.73. The van der Waals surface area contributed by atoms with E-state index in [-0.39, 0.29) is 0 Å². The molecule has 0 saturated heterocycles. The minimum atomic E-state index is -2.21. The van der Waals surface area contributed by atoms with E-state index < -0.39 is 26.5 Å². The van der Waals surface area contributed by atoms with Gasteiger partial charge in [0.15, 0.2) is 0 Å². The predicted octanol–water partition coefficient (Wildman–Crippen LogP) is 8.83. The van der Waals surface area contributed by atoms with E-state index in [1.54, 1.807) is 13.3 Å². The van der Waals surface area contributed by atoms with E-state index in [2.05, 4.69) is 73.7 Å². The Bertz CT molecular complexity index is 330. The molecule has 0 spiro atoms. The molecule has 0 rings (SSSR count). The zero-order valence-electron chi connectivity index (χ0n) is 18.6. The summed E-state index contributed by atoms with van der Waals surface area (Å²) < 4.78 is 5.95. The number of allylic oxidation sites excluding steroid dienone is 2. The Morgan fingerprint density at radius 1 is 0.833 bits per heavy atom. The molecule has 0 aromatic rings. The van der Waals surface area contributed by atoms with E-state index in [1.807, 2.05) is 0 Å². The summed E-state index contributed by atoms with van der Waals surface area (Å²) in [6.45, 7) is 22.5. The third kappa shape index (κ3) is 6.81. The van der Waals surface area contributed by atoms with E-state index in [0.29, 0.717) is 5.04 Å². The molecule has 24 heavy (non-hydrogen) atoms. The van der Waals surface area contributed by atoms with Gasteiger partial charge in [0.1, 0.15) is 0 Å². The van der Waals surface area contributed by atoms with Crippen LogP contribution < -0.4 is 0 Å². The van der Waals surface area contributed by atoms with Gasteiger partial charge in [0.25, 0.3) is 0 Å². The molecule has 1 atom stereocenters. The molecule has 0 N–H and O–H groups in total. The van der Waals surface area contributed by atoms with Gasteiger partial charge in [-0.3, -0.25) is 0 Å². The van der Waals surface area contributed by atoms with Gasteiger partial charge in [-0.2, -0.15) is 0 Å². The van der Waals surface area contributed by atoms with Crippen molar-refractivity contribution in [1.82, 2.24) is 0 Å². The van der Waals surface area contributed by atoms with Crippen LogP contribution in [0.15, 0.2) is 12.2 Å². The molecule has 0 bridgehead atoms. The molecular formula is C22H48SiSn. The first kappa shape index (κ1) is 24.8. The summed E-state index contributed by atoms with van der Waals surface area (Å²) in [6, 6.07) is 0. The van der Waals surface area contributed by atoms with Gasteiger partial charge in [0.05, 0.1) is 0 Å². The zero-order chi connectivity index (χ0) is 18.9. The van der Waals surface area contributed by atoms with Gasteiger partial charge in [-0.25, -0.2) is 0 Å². The van der Waals surface area contributed by atoms with Crippen LogP contribution in [-0.2, 0) is 0 Å². The van der Waals surface area contributed by atoms with Crippen molar-refractivity contribution in [2.45, 2.75) is 122 Å². The average Bonchev–Trinajstić information content (AvgIpc) is 2.51. The van der Waals surface area contributed by atoms with Crippen molar-refractivity contribution in [3.05, 3.63) is 12.2 Å². The van der Waals surface area contributed by atoms with Crippen LogP contribution in [0.3, 0.4) is 0 Å². The molecule has 0 nitrogen and oxygen atoms in total. The molecule has 0 radical (unpaired) electrons. The number of rotatable bonds is 12.